The predicted molar refractivity (Wildman–Crippen MR) is 80.5 cm³/mol. The van der Waals surface area contributed by atoms with Crippen LogP contribution in [0.25, 0.3) is 11.3 Å². The van der Waals surface area contributed by atoms with E-state index in [1.807, 2.05) is 6.92 Å². The van der Waals surface area contributed by atoms with Crippen LogP contribution in [-0.4, -0.2) is 22.4 Å². The molecule has 5 nitrogen and oxygen atoms in total. The molecule has 0 saturated heterocycles. The van der Waals surface area contributed by atoms with E-state index in [1.165, 1.54) is 5.54 Å². The number of carbonyl (C=O) groups is 1. The zero-order chi connectivity index (χ0) is 16.1. The van der Waals surface area contributed by atoms with Crippen LogP contribution < -0.4 is 10.4 Å². The van der Waals surface area contributed by atoms with Gasteiger partial charge in [-0.2, -0.15) is 5.54 Å². The molecule has 0 radical (unpaired) electrons. The first-order chi connectivity index (χ1) is 10.6. The summed E-state index contributed by atoms with van der Waals surface area (Å²) in [6, 6.07) is 6.74. The summed E-state index contributed by atoms with van der Waals surface area (Å²) in [5.74, 6) is -1.02. The fourth-order valence-electron chi connectivity index (χ4n) is 2.13. The van der Waals surface area contributed by atoms with Gasteiger partial charge in [0, 0.05) is 24.2 Å². The lowest BCUT2D eigenvalue weighted by Crippen LogP contribution is -2.29. The van der Waals surface area contributed by atoms with Crippen molar-refractivity contribution < 1.29 is 13.7 Å². The Morgan fingerprint density at radius 2 is 2.14 bits per heavy atom. The second-order valence-electron chi connectivity index (χ2n) is 4.53. The van der Waals surface area contributed by atoms with Gasteiger partial charge in [-0.05, 0) is 19.1 Å². The molecule has 1 heterocycles. The van der Waals surface area contributed by atoms with E-state index in [2.05, 4.69) is 9.97 Å². The van der Waals surface area contributed by atoms with Crippen LogP contribution in [-0.2, 0) is 4.79 Å². The average Bonchev–Trinajstić information content (AvgIpc) is 2.56. The molecule has 22 heavy (non-hydrogen) atoms. The highest BCUT2D eigenvalue weighted by Gasteiger charge is 2.15. The van der Waals surface area contributed by atoms with Crippen LogP contribution in [0.5, 0.6) is 0 Å². The lowest BCUT2D eigenvalue weighted by atomic mass is 10.1. The average molecular weight is 306 g/mol. The van der Waals surface area contributed by atoms with Crippen molar-refractivity contribution in [3.8, 4) is 11.3 Å². The maximum absolute atomic E-state index is 13.9. The number of carbonyl (C=O) groups excluding carboxylic acids is 1. The van der Waals surface area contributed by atoms with E-state index in [0.29, 0.717) is 24.2 Å². The third-order valence-electron chi connectivity index (χ3n) is 3.18. The molecule has 1 amide bonds. The van der Waals surface area contributed by atoms with Crippen molar-refractivity contribution in [2.45, 2.75) is 20.3 Å². The minimum Gasteiger partial charge on any atom is -0.313 e. The van der Waals surface area contributed by atoms with Crippen LogP contribution in [0.15, 0.2) is 30.5 Å². The van der Waals surface area contributed by atoms with Crippen molar-refractivity contribution in [1.82, 2.24) is 9.97 Å². The van der Waals surface area contributed by atoms with Crippen LogP contribution in [0.1, 0.15) is 20.3 Å². The number of halogens is 2. The minimum absolute atomic E-state index is 0.0306. The molecule has 1 N–H and O–H groups in total. The molecule has 0 aliphatic rings. The van der Waals surface area contributed by atoms with E-state index in [0.717, 1.165) is 6.20 Å². The molecule has 0 aliphatic heterocycles. The SMILES string of the molecule is CCC(=O)N(CC)c1cccc(-c2nc(NF)ncc2F)c1. The molecule has 0 saturated carbocycles. The van der Waals surface area contributed by atoms with E-state index in [1.54, 1.807) is 36.1 Å². The topological polar surface area (TPSA) is 58.1 Å². The second-order valence-corrected chi connectivity index (χ2v) is 4.53. The quantitative estimate of drug-likeness (QED) is 0.861. The fourth-order valence-corrected chi connectivity index (χ4v) is 2.13. The Morgan fingerprint density at radius 3 is 2.77 bits per heavy atom. The Kier molecular flexibility index (Phi) is 4.98. The standard InChI is InChI=1S/C15H16F2N4O/c1-3-13(22)21(4-2)11-7-5-6-10(8-11)14-12(16)9-18-15(19-14)20-17/h5-9H,3-4H2,1-2H3,(H,18,19,20). The normalized spacial score (nSPS) is 10.4. The highest BCUT2D eigenvalue weighted by atomic mass is 19.2. The highest BCUT2D eigenvalue weighted by Crippen LogP contribution is 2.26. The number of benzene rings is 1. The number of nitrogens with zero attached hydrogens (tertiary/aromatic N) is 3. The molecule has 0 aliphatic carbocycles. The molecule has 2 rings (SSSR count). The summed E-state index contributed by atoms with van der Waals surface area (Å²) >= 11 is 0. The summed E-state index contributed by atoms with van der Waals surface area (Å²) in [4.78, 5) is 20.8. The lowest BCUT2D eigenvalue weighted by molar-refractivity contribution is -0.118. The molecule has 1 aromatic carbocycles. The van der Waals surface area contributed by atoms with Crippen LogP contribution in [0.2, 0.25) is 0 Å². The zero-order valence-corrected chi connectivity index (χ0v) is 12.3. The number of hydrogen-bond acceptors (Lipinski definition) is 4. The van der Waals surface area contributed by atoms with Gasteiger partial charge in [0.1, 0.15) is 5.69 Å². The van der Waals surface area contributed by atoms with E-state index < -0.39 is 5.82 Å². The second kappa shape index (κ2) is 6.93. The molecule has 1 aromatic heterocycles. The third-order valence-corrected chi connectivity index (χ3v) is 3.18. The first-order valence-electron chi connectivity index (χ1n) is 6.90. The minimum atomic E-state index is -0.666. The van der Waals surface area contributed by atoms with Crippen molar-refractivity contribution in [2.24, 2.45) is 0 Å². The van der Waals surface area contributed by atoms with E-state index in [9.17, 15) is 13.7 Å². The van der Waals surface area contributed by atoms with Gasteiger partial charge in [0.05, 0.1) is 6.20 Å². The van der Waals surface area contributed by atoms with E-state index in [4.69, 9.17) is 0 Å². The molecule has 0 atom stereocenters. The summed E-state index contributed by atoms with van der Waals surface area (Å²) < 4.78 is 26.3. The van der Waals surface area contributed by atoms with Gasteiger partial charge in [-0.1, -0.05) is 19.1 Å². The van der Waals surface area contributed by atoms with Crippen molar-refractivity contribution in [3.63, 3.8) is 0 Å². The Balaban J connectivity index is 2.46. The van der Waals surface area contributed by atoms with Gasteiger partial charge < -0.3 is 4.90 Å². The van der Waals surface area contributed by atoms with E-state index >= 15 is 0 Å². The van der Waals surface area contributed by atoms with Gasteiger partial charge in [0.2, 0.25) is 5.91 Å². The Morgan fingerprint density at radius 1 is 1.36 bits per heavy atom. The fraction of sp³-hybridized carbons (Fsp3) is 0.267. The molecule has 2 aromatic rings. The number of hydrogen-bond donors (Lipinski definition) is 1. The summed E-state index contributed by atoms with van der Waals surface area (Å²) in [6.07, 6.45) is 1.27. The van der Waals surface area contributed by atoms with Crippen LogP contribution >= 0.6 is 0 Å². The lowest BCUT2D eigenvalue weighted by Gasteiger charge is -2.21. The smallest absolute Gasteiger partial charge is 0.252 e. The Labute approximate surface area is 126 Å². The molecule has 0 bridgehead atoms. The molecular formula is C15H16F2N4O. The third kappa shape index (κ3) is 3.19. The Bertz CT molecular complexity index is 678. The van der Waals surface area contributed by atoms with Crippen LogP contribution in [0.3, 0.4) is 0 Å². The van der Waals surface area contributed by atoms with Gasteiger partial charge >= 0.3 is 0 Å². The Hall–Kier alpha value is -2.57. The van der Waals surface area contributed by atoms with Gasteiger partial charge in [0.25, 0.3) is 5.95 Å². The molecule has 0 unspecified atom stereocenters. The summed E-state index contributed by atoms with van der Waals surface area (Å²) in [5, 5.41) is 0. The number of rotatable bonds is 5. The van der Waals surface area contributed by atoms with Gasteiger partial charge in [-0.25, -0.2) is 14.4 Å². The number of aromatic nitrogens is 2. The van der Waals surface area contributed by atoms with Gasteiger partial charge in [-0.3, -0.25) is 4.79 Å². The maximum Gasteiger partial charge on any atom is 0.252 e. The number of nitrogens with one attached hydrogen (secondary N) is 1. The predicted octanol–water partition coefficient (Wildman–Crippen LogP) is 3.34. The maximum atomic E-state index is 13.9. The van der Waals surface area contributed by atoms with Crippen LogP contribution in [0, 0.1) is 5.82 Å². The van der Waals surface area contributed by atoms with Crippen LogP contribution in [0.4, 0.5) is 20.5 Å². The summed E-state index contributed by atoms with van der Waals surface area (Å²) in [6.45, 7) is 4.13. The first-order valence-corrected chi connectivity index (χ1v) is 6.90. The number of anilines is 2. The molecule has 0 spiro atoms. The first kappa shape index (κ1) is 15.8. The largest absolute Gasteiger partial charge is 0.313 e. The molecule has 7 heteroatoms. The number of amides is 1. The molecule has 116 valence electrons. The molecular weight excluding hydrogens is 290 g/mol. The monoisotopic (exact) mass is 306 g/mol. The summed E-state index contributed by atoms with van der Waals surface area (Å²) in [7, 11) is 0. The van der Waals surface area contributed by atoms with Gasteiger partial charge in [-0.15, -0.1) is 4.48 Å². The van der Waals surface area contributed by atoms with Crippen molar-refractivity contribution in [2.75, 3.05) is 17.0 Å². The summed E-state index contributed by atoms with van der Waals surface area (Å²) in [5.41, 5.74) is 2.34. The van der Waals surface area contributed by atoms with Crippen molar-refractivity contribution >= 4 is 17.5 Å². The highest BCUT2D eigenvalue weighted by molar-refractivity contribution is 5.93. The van der Waals surface area contributed by atoms with E-state index in [-0.39, 0.29) is 17.5 Å². The molecule has 0 fully saturated rings. The van der Waals surface area contributed by atoms with Crippen molar-refractivity contribution in [3.05, 3.63) is 36.3 Å². The van der Waals surface area contributed by atoms with Crippen molar-refractivity contribution in [1.29, 1.82) is 0 Å². The zero-order valence-electron chi connectivity index (χ0n) is 12.3. The van der Waals surface area contributed by atoms with Gasteiger partial charge in [0.15, 0.2) is 5.82 Å².